The zero-order valence-electron chi connectivity index (χ0n) is 16.5. The molecule has 2 aromatic rings. The number of amides is 1. The van der Waals surface area contributed by atoms with Gasteiger partial charge < -0.3 is 15.8 Å². The maximum Gasteiger partial charge on any atom is 0.415 e. The maximum absolute atomic E-state index is 12.7. The molecule has 6 heteroatoms. The van der Waals surface area contributed by atoms with E-state index < -0.39 is 5.60 Å². The molecular formula is C21H28N4O2. The summed E-state index contributed by atoms with van der Waals surface area (Å²) in [6, 6.07) is 11.6. The highest BCUT2D eigenvalue weighted by atomic mass is 16.6. The number of hydrogen-bond acceptors (Lipinski definition) is 5. The van der Waals surface area contributed by atoms with Gasteiger partial charge in [-0.05, 0) is 83.4 Å². The maximum atomic E-state index is 12.7. The third-order valence-electron chi connectivity index (χ3n) is 4.50. The molecule has 27 heavy (non-hydrogen) atoms. The average Bonchev–Trinajstić information content (AvgIpc) is 2.53. The number of anilines is 4. The zero-order chi connectivity index (χ0) is 19.6. The number of pyridine rings is 1. The second-order valence-electron chi connectivity index (χ2n) is 8.00. The highest BCUT2D eigenvalue weighted by Gasteiger charge is 2.33. The number of aromatic nitrogens is 1. The van der Waals surface area contributed by atoms with Crippen LogP contribution in [-0.2, 0) is 4.74 Å². The molecule has 0 saturated heterocycles. The van der Waals surface area contributed by atoms with E-state index in [1.807, 2.05) is 64.1 Å². The van der Waals surface area contributed by atoms with Crippen molar-refractivity contribution in [2.45, 2.75) is 58.6 Å². The third-order valence-corrected chi connectivity index (χ3v) is 4.50. The first kappa shape index (κ1) is 19.0. The molecule has 1 aromatic heterocycles. The van der Waals surface area contributed by atoms with E-state index in [0.29, 0.717) is 11.5 Å². The highest BCUT2D eigenvalue weighted by Crippen LogP contribution is 2.32. The molecule has 6 nitrogen and oxygen atoms in total. The van der Waals surface area contributed by atoms with Gasteiger partial charge in [0.1, 0.15) is 5.60 Å². The van der Waals surface area contributed by atoms with Gasteiger partial charge in [-0.15, -0.1) is 0 Å². The summed E-state index contributed by atoms with van der Waals surface area (Å²) in [4.78, 5) is 18.9. The summed E-state index contributed by atoms with van der Waals surface area (Å²) in [7, 11) is 0. The fourth-order valence-corrected chi connectivity index (χ4v) is 2.93. The first-order valence-corrected chi connectivity index (χ1v) is 9.35. The molecule has 3 N–H and O–H groups in total. The van der Waals surface area contributed by atoms with Crippen molar-refractivity contribution in [3.05, 3.63) is 42.1 Å². The minimum atomic E-state index is -0.519. The van der Waals surface area contributed by atoms with Gasteiger partial charge in [-0.1, -0.05) is 0 Å². The Bertz CT molecular complexity index is 808. The van der Waals surface area contributed by atoms with E-state index >= 15 is 0 Å². The summed E-state index contributed by atoms with van der Waals surface area (Å²) < 4.78 is 5.61. The topological polar surface area (TPSA) is 80.5 Å². The van der Waals surface area contributed by atoms with Crippen molar-refractivity contribution in [2.24, 2.45) is 0 Å². The number of nitrogens with two attached hydrogens (primary N) is 1. The number of ether oxygens (including phenoxy) is 1. The zero-order valence-corrected chi connectivity index (χ0v) is 16.5. The van der Waals surface area contributed by atoms with E-state index in [4.69, 9.17) is 10.5 Å². The molecule has 1 aliphatic carbocycles. The van der Waals surface area contributed by atoms with Crippen molar-refractivity contribution < 1.29 is 9.53 Å². The third kappa shape index (κ3) is 4.70. The number of hydrogen-bond donors (Lipinski definition) is 2. The Labute approximate surface area is 160 Å². The van der Waals surface area contributed by atoms with Crippen LogP contribution in [0.2, 0.25) is 0 Å². The van der Waals surface area contributed by atoms with Gasteiger partial charge in [0.15, 0.2) is 5.82 Å². The molecule has 0 atom stereocenters. The van der Waals surface area contributed by atoms with Crippen LogP contribution in [0.3, 0.4) is 0 Å². The van der Waals surface area contributed by atoms with Crippen molar-refractivity contribution >= 4 is 29.0 Å². The van der Waals surface area contributed by atoms with Gasteiger partial charge in [0, 0.05) is 23.1 Å². The summed E-state index contributed by atoms with van der Waals surface area (Å²) in [5, 5.41) is 3.23. The predicted molar refractivity (Wildman–Crippen MR) is 109 cm³/mol. The molecule has 144 valence electrons. The molecule has 1 saturated carbocycles. The Morgan fingerprint density at radius 1 is 1.19 bits per heavy atom. The van der Waals surface area contributed by atoms with Crippen LogP contribution in [0.5, 0.6) is 0 Å². The standard InChI is InChI=1S/C21H28N4O2/c1-14-8-13-18(22)19(23-14)24-15-9-11-17(12-10-15)25(16-6-5-7-16)20(26)27-21(2,3)4/h8-13,16H,5-7,22H2,1-4H3,(H,23,24). The van der Waals surface area contributed by atoms with Crippen LogP contribution < -0.4 is 16.0 Å². The first-order chi connectivity index (χ1) is 12.7. The van der Waals surface area contributed by atoms with Crippen molar-refractivity contribution in [3.63, 3.8) is 0 Å². The number of aryl methyl sites for hydroxylation is 1. The SMILES string of the molecule is Cc1ccc(N)c(Nc2ccc(N(C(=O)OC(C)(C)C)C3CCC3)cc2)n1. The van der Waals surface area contributed by atoms with E-state index in [9.17, 15) is 4.79 Å². The Morgan fingerprint density at radius 2 is 1.85 bits per heavy atom. The monoisotopic (exact) mass is 368 g/mol. The lowest BCUT2D eigenvalue weighted by atomic mass is 9.91. The summed E-state index contributed by atoms with van der Waals surface area (Å²) in [5.41, 5.74) is 8.65. The van der Waals surface area contributed by atoms with Crippen molar-refractivity contribution in [1.82, 2.24) is 4.98 Å². The number of rotatable bonds is 4. The van der Waals surface area contributed by atoms with Crippen LogP contribution in [0.1, 0.15) is 45.7 Å². The summed E-state index contributed by atoms with van der Waals surface area (Å²) in [6.07, 6.45) is 2.85. The lowest BCUT2D eigenvalue weighted by molar-refractivity contribution is 0.0549. The van der Waals surface area contributed by atoms with Crippen LogP contribution >= 0.6 is 0 Å². The molecule has 0 radical (unpaired) electrons. The van der Waals surface area contributed by atoms with Gasteiger partial charge >= 0.3 is 6.09 Å². The van der Waals surface area contributed by atoms with E-state index in [2.05, 4.69) is 10.3 Å². The van der Waals surface area contributed by atoms with Crippen molar-refractivity contribution in [2.75, 3.05) is 16.0 Å². The molecule has 1 aromatic carbocycles. The normalized spacial score (nSPS) is 14.4. The average molecular weight is 368 g/mol. The molecule has 3 rings (SSSR count). The molecular weight excluding hydrogens is 340 g/mol. The number of nitrogens with one attached hydrogen (secondary N) is 1. The van der Waals surface area contributed by atoms with Crippen LogP contribution in [0, 0.1) is 6.92 Å². The van der Waals surface area contributed by atoms with Crippen LogP contribution in [0.15, 0.2) is 36.4 Å². The van der Waals surface area contributed by atoms with Crippen molar-refractivity contribution in [3.8, 4) is 0 Å². The molecule has 1 aliphatic rings. The quantitative estimate of drug-likeness (QED) is 0.793. The number of carbonyl (C=O) groups excluding carboxylic acids is 1. The summed E-state index contributed by atoms with van der Waals surface area (Å²) >= 11 is 0. The molecule has 0 bridgehead atoms. The largest absolute Gasteiger partial charge is 0.443 e. The molecule has 1 fully saturated rings. The van der Waals surface area contributed by atoms with E-state index in [1.165, 1.54) is 0 Å². The van der Waals surface area contributed by atoms with Gasteiger partial charge in [-0.25, -0.2) is 9.78 Å². The number of nitrogens with zero attached hydrogens (tertiary/aromatic N) is 2. The first-order valence-electron chi connectivity index (χ1n) is 9.35. The second kappa shape index (κ2) is 7.47. The summed E-state index contributed by atoms with van der Waals surface area (Å²) in [5.74, 6) is 0.630. The van der Waals surface area contributed by atoms with Gasteiger partial charge in [0.2, 0.25) is 0 Å². The highest BCUT2D eigenvalue weighted by molar-refractivity contribution is 5.89. The molecule has 0 aliphatic heterocycles. The Morgan fingerprint density at radius 3 is 2.41 bits per heavy atom. The van der Waals surface area contributed by atoms with Crippen LogP contribution in [0.4, 0.5) is 27.7 Å². The molecule has 1 heterocycles. The fraction of sp³-hybridized carbons (Fsp3) is 0.429. The van der Waals surface area contributed by atoms with E-state index in [0.717, 1.165) is 36.3 Å². The van der Waals surface area contributed by atoms with Gasteiger partial charge in [0.05, 0.1) is 5.69 Å². The van der Waals surface area contributed by atoms with Crippen LogP contribution in [-0.4, -0.2) is 22.7 Å². The van der Waals surface area contributed by atoms with Gasteiger partial charge in [-0.2, -0.15) is 0 Å². The van der Waals surface area contributed by atoms with Gasteiger partial charge in [-0.3, -0.25) is 4.90 Å². The number of benzene rings is 1. The van der Waals surface area contributed by atoms with E-state index in [1.54, 1.807) is 4.90 Å². The molecule has 0 unspecified atom stereocenters. The smallest absolute Gasteiger partial charge is 0.415 e. The Hall–Kier alpha value is -2.76. The van der Waals surface area contributed by atoms with Gasteiger partial charge in [0.25, 0.3) is 0 Å². The minimum absolute atomic E-state index is 0.202. The predicted octanol–water partition coefficient (Wildman–Crippen LogP) is 5.01. The van der Waals surface area contributed by atoms with E-state index in [-0.39, 0.29) is 12.1 Å². The molecule has 1 amide bonds. The Balaban J connectivity index is 1.79. The Kier molecular flexibility index (Phi) is 5.26. The van der Waals surface area contributed by atoms with Crippen LogP contribution in [0.25, 0.3) is 0 Å². The molecule has 0 spiro atoms. The fourth-order valence-electron chi connectivity index (χ4n) is 2.93. The number of carbonyl (C=O) groups is 1. The minimum Gasteiger partial charge on any atom is -0.443 e. The second-order valence-corrected chi connectivity index (χ2v) is 8.00. The van der Waals surface area contributed by atoms with Crippen molar-refractivity contribution in [1.29, 1.82) is 0 Å². The lowest BCUT2D eigenvalue weighted by Gasteiger charge is -2.38. The lowest BCUT2D eigenvalue weighted by Crippen LogP contribution is -2.46. The number of nitrogen functional groups attached to an aromatic ring is 1. The summed E-state index contributed by atoms with van der Waals surface area (Å²) in [6.45, 7) is 7.58.